The number of aryl methyl sites for hydroxylation is 2. The Balaban J connectivity index is 2.20. The second-order valence-corrected chi connectivity index (χ2v) is 9.44. The average Bonchev–Trinajstić information content (AvgIpc) is 2.69. The van der Waals surface area contributed by atoms with E-state index in [1.807, 2.05) is 0 Å². The summed E-state index contributed by atoms with van der Waals surface area (Å²) in [6, 6.07) is 0. The molecule has 0 N–H and O–H groups in total. The van der Waals surface area contributed by atoms with Gasteiger partial charge in [0.05, 0.1) is 5.75 Å². The minimum atomic E-state index is -3.68. The molecular formula is C12H22N4O4S2. The number of aromatic nitrogens is 2. The van der Waals surface area contributed by atoms with Gasteiger partial charge in [0.15, 0.2) is 5.03 Å². The number of rotatable bonds is 4. The van der Waals surface area contributed by atoms with Crippen molar-refractivity contribution in [1.82, 2.24) is 18.2 Å². The van der Waals surface area contributed by atoms with Crippen LogP contribution in [0.25, 0.3) is 0 Å². The van der Waals surface area contributed by atoms with Crippen molar-refractivity contribution < 1.29 is 16.8 Å². The molecule has 1 aliphatic heterocycles. The summed E-state index contributed by atoms with van der Waals surface area (Å²) < 4.78 is 53.4. The molecule has 0 unspecified atom stereocenters. The molecule has 10 heteroatoms. The van der Waals surface area contributed by atoms with Gasteiger partial charge in [0.2, 0.25) is 10.0 Å². The third-order valence-electron chi connectivity index (χ3n) is 3.86. The molecule has 0 aromatic carbocycles. The fourth-order valence-electron chi connectivity index (χ4n) is 2.35. The molecule has 1 aromatic rings. The second-order valence-electron chi connectivity index (χ2n) is 5.29. The van der Waals surface area contributed by atoms with E-state index >= 15 is 0 Å². The van der Waals surface area contributed by atoms with Crippen LogP contribution in [0.15, 0.2) is 11.2 Å². The smallest absolute Gasteiger partial charge is 0.262 e. The van der Waals surface area contributed by atoms with Crippen LogP contribution < -0.4 is 0 Å². The number of sulfonamides is 2. The summed E-state index contributed by atoms with van der Waals surface area (Å²) in [5.74, 6) is 0.641. The van der Waals surface area contributed by atoms with Crippen molar-refractivity contribution in [3.63, 3.8) is 0 Å². The summed E-state index contributed by atoms with van der Waals surface area (Å²) in [5.41, 5.74) is 0. The monoisotopic (exact) mass is 350 g/mol. The van der Waals surface area contributed by atoms with Gasteiger partial charge < -0.3 is 4.57 Å². The van der Waals surface area contributed by atoms with Crippen molar-refractivity contribution in [2.75, 3.05) is 31.9 Å². The molecule has 0 amide bonds. The molecule has 0 saturated carbocycles. The number of nitrogens with zero attached hydrogens (tertiary/aromatic N) is 4. The molecule has 0 radical (unpaired) electrons. The Morgan fingerprint density at radius 2 is 1.68 bits per heavy atom. The van der Waals surface area contributed by atoms with E-state index in [1.165, 1.54) is 14.8 Å². The molecule has 1 aromatic heterocycles. The van der Waals surface area contributed by atoms with Gasteiger partial charge in [-0.3, -0.25) is 0 Å². The van der Waals surface area contributed by atoms with E-state index in [0.29, 0.717) is 25.3 Å². The van der Waals surface area contributed by atoms with E-state index in [2.05, 4.69) is 4.98 Å². The van der Waals surface area contributed by atoms with E-state index in [9.17, 15) is 16.8 Å². The fourth-order valence-corrected chi connectivity index (χ4v) is 4.98. The first kappa shape index (κ1) is 17.4. The van der Waals surface area contributed by atoms with E-state index in [-0.39, 0.29) is 23.9 Å². The lowest BCUT2D eigenvalue weighted by Crippen LogP contribution is -2.38. The molecule has 2 heterocycles. The van der Waals surface area contributed by atoms with Crippen LogP contribution in [-0.4, -0.2) is 66.9 Å². The Bertz CT molecular complexity index is 720. The van der Waals surface area contributed by atoms with Crippen molar-refractivity contribution in [2.24, 2.45) is 7.05 Å². The van der Waals surface area contributed by atoms with Crippen molar-refractivity contribution in [2.45, 2.75) is 25.3 Å². The average molecular weight is 350 g/mol. The van der Waals surface area contributed by atoms with Crippen LogP contribution in [0.4, 0.5) is 0 Å². The zero-order valence-electron chi connectivity index (χ0n) is 13.1. The molecule has 22 heavy (non-hydrogen) atoms. The van der Waals surface area contributed by atoms with E-state index in [4.69, 9.17) is 0 Å². The quantitative estimate of drug-likeness (QED) is 0.748. The van der Waals surface area contributed by atoms with E-state index < -0.39 is 20.0 Å². The summed E-state index contributed by atoms with van der Waals surface area (Å²) in [5, 5.41) is 0.0132. The van der Waals surface area contributed by atoms with Crippen molar-refractivity contribution in [1.29, 1.82) is 0 Å². The van der Waals surface area contributed by atoms with Gasteiger partial charge in [-0.05, 0) is 20.3 Å². The summed E-state index contributed by atoms with van der Waals surface area (Å²) in [4.78, 5) is 4.07. The minimum Gasteiger partial charge on any atom is -0.337 e. The highest BCUT2D eigenvalue weighted by Gasteiger charge is 2.31. The summed E-state index contributed by atoms with van der Waals surface area (Å²) in [6.45, 7) is 4.30. The third-order valence-corrected chi connectivity index (χ3v) is 7.51. The highest BCUT2D eigenvalue weighted by atomic mass is 32.2. The molecule has 1 aliphatic rings. The maximum absolute atomic E-state index is 12.6. The SMILES string of the molecule is CCS(=O)(=O)N1CCCN(S(=O)(=O)c2cn(C)c(C)n2)CC1. The third kappa shape index (κ3) is 3.34. The van der Waals surface area contributed by atoms with Gasteiger partial charge >= 0.3 is 0 Å². The molecule has 0 spiro atoms. The summed E-state index contributed by atoms with van der Waals surface area (Å²) >= 11 is 0. The van der Waals surface area contributed by atoms with Crippen molar-refractivity contribution >= 4 is 20.0 Å². The molecule has 0 bridgehead atoms. The Morgan fingerprint density at radius 3 is 2.23 bits per heavy atom. The molecule has 0 atom stereocenters. The van der Waals surface area contributed by atoms with Crippen LogP contribution in [0.3, 0.4) is 0 Å². The lowest BCUT2D eigenvalue weighted by atomic mass is 10.4. The topological polar surface area (TPSA) is 92.6 Å². The Labute approximate surface area is 131 Å². The van der Waals surface area contributed by atoms with E-state index in [0.717, 1.165) is 0 Å². The summed E-state index contributed by atoms with van der Waals surface area (Å²) in [6.07, 6.45) is 1.96. The zero-order chi connectivity index (χ0) is 16.5. The molecule has 8 nitrogen and oxygen atoms in total. The van der Waals surface area contributed by atoms with Crippen molar-refractivity contribution in [3.05, 3.63) is 12.0 Å². The van der Waals surface area contributed by atoms with Crippen LogP contribution in [-0.2, 0) is 27.1 Å². The Morgan fingerprint density at radius 1 is 1.09 bits per heavy atom. The van der Waals surface area contributed by atoms with Gasteiger partial charge in [0.1, 0.15) is 5.82 Å². The first-order chi connectivity index (χ1) is 10.2. The highest BCUT2D eigenvalue weighted by molar-refractivity contribution is 7.89. The normalized spacial score (nSPS) is 19.2. The second kappa shape index (κ2) is 6.26. The predicted octanol–water partition coefficient (Wildman–Crippen LogP) is -0.225. The lowest BCUT2D eigenvalue weighted by molar-refractivity contribution is 0.404. The van der Waals surface area contributed by atoms with Gasteiger partial charge in [-0.15, -0.1) is 0 Å². The minimum absolute atomic E-state index is 0.0132. The molecule has 126 valence electrons. The molecule has 2 rings (SSSR count). The van der Waals surface area contributed by atoms with Gasteiger partial charge in [-0.1, -0.05) is 0 Å². The van der Waals surface area contributed by atoms with Crippen LogP contribution in [0.2, 0.25) is 0 Å². The zero-order valence-corrected chi connectivity index (χ0v) is 14.7. The number of hydrogen-bond acceptors (Lipinski definition) is 5. The maximum Gasteiger partial charge on any atom is 0.262 e. The Kier molecular flexibility index (Phi) is 4.95. The largest absolute Gasteiger partial charge is 0.337 e. The van der Waals surface area contributed by atoms with Gasteiger partial charge in [-0.2, -0.15) is 4.31 Å². The maximum atomic E-state index is 12.6. The van der Waals surface area contributed by atoms with Gasteiger partial charge in [-0.25, -0.2) is 26.1 Å². The Hall–Kier alpha value is -0.970. The lowest BCUT2D eigenvalue weighted by Gasteiger charge is -2.20. The van der Waals surface area contributed by atoms with Gasteiger partial charge in [0, 0.05) is 39.4 Å². The van der Waals surface area contributed by atoms with Crippen LogP contribution >= 0.6 is 0 Å². The molecule has 1 saturated heterocycles. The van der Waals surface area contributed by atoms with Crippen LogP contribution in [0.1, 0.15) is 19.2 Å². The van der Waals surface area contributed by atoms with Crippen LogP contribution in [0.5, 0.6) is 0 Å². The number of imidazole rings is 1. The van der Waals surface area contributed by atoms with Crippen LogP contribution in [0, 0.1) is 6.92 Å². The van der Waals surface area contributed by atoms with Gasteiger partial charge in [0.25, 0.3) is 10.0 Å². The molecule has 1 fully saturated rings. The predicted molar refractivity (Wildman–Crippen MR) is 82.4 cm³/mol. The van der Waals surface area contributed by atoms with E-state index in [1.54, 1.807) is 25.5 Å². The number of hydrogen-bond donors (Lipinski definition) is 0. The summed E-state index contributed by atoms with van der Waals surface area (Å²) in [7, 11) is -5.24. The first-order valence-electron chi connectivity index (χ1n) is 7.16. The highest BCUT2D eigenvalue weighted by Crippen LogP contribution is 2.18. The molecule has 0 aliphatic carbocycles. The fraction of sp³-hybridized carbons (Fsp3) is 0.750. The van der Waals surface area contributed by atoms with Crippen molar-refractivity contribution in [3.8, 4) is 0 Å². The first-order valence-corrected chi connectivity index (χ1v) is 10.2. The molecular weight excluding hydrogens is 328 g/mol. The standard InChI is InChI=1S/C12H22N4O4S2/c1-4-21(17,18)15-6-5-7-16(9-8-15)22(19,20)12-10-14(3)11(2)13-12/h10H,4-9H2,1-3H3.